The fourth-order valence-electron chi connectivity index (χ4n) is 2.95. The minimum atomic E-state index is -0.0213. The van der Waals surface area contributed by atoms with Gasteiger partial charge in [-0.1, -0.05) is 0 Å². The summed E-state index contributed by atoms with van der Waals surface area (Å²) in [5, 5.41) is 12.1. The van der Waals surface area contributed by atoms with Gasteiger partial charge in [0.25, 0.3) is 0 Å². The summed E-state index contributed by atoms with van der Waals surface area (Å²) in [7, 11) is 0. The van der Waals surface area contributed by atoms with E-state index < -0.39 is 0 Å². The van der Waals surface area contributed by atoms with Crippen molar-refractivity contribution in [2.45, 2.75) is 31.9 Å². The Labute approximate surface area is 121 Å². The van der Waals surface area contributed by atoms with E-state index >= 15 is 0 Å². The predicted molar refractivity (Wildman–Crippen MR) is 76.5 cm³/mol. The Morgan fingerprint density at radius 1 is 1.30 bits per heavy atom. The molecule has 1 unspecified atom stereocenters. The molecule has 2 rings (SSSR count). The van der Waals surface area contributed by atoms with E-state index in [1.807, 2.05) is 11.8 Å². The Morgan fingerprint density at radius 2 is 1.95 bits per heavy atom. The lowest BCUT2D eigenvalue weighted by atomic mass is 10.1. The maximum absolute atomic E-state index is 12.5. The number of piperidine rings is 1. The zero-order valence-electron chi connectivity index (χ0n) is 12.4. The minimum Gasteiger partial charge on any atom is -0.394 e. The fourth-order valence-corrected chi connectivity index (χ4v) is 2.95. The van der Waals surface area contributed by atoms with Crippen LogP contribution in [0.1, 0.15) is 19.8 Å². The fraction of sp³-hybridized carbons (Fsp3) is 0.929. The van der Waals surface area contributed by atoms with E-state index in [4.69, 9.17) is 9.84 Å². The van der Waals surface area contributed by atoms with Crippen molar-refractivity contribution >= 4 is 5.91 Å². The molecule has 0 aromatic rings. The van der Waals surface area contributed by atoms with Crippen LogP contribution >= 0.6 is 0 Å². The number of hydrogen-bond acceptors (Lipinski definition) is 5. The standard InChI is InChI=1S/C14H27N3O3/c1-12(16-8-4-15-5-9-16)14(19)17-6-2-13(3-7-17)20-11-10-18/h12-13,15,18H,2-11H2,1H3. The highest BCUT2D eigenvalue weighted by atomic mass is 16.5. The third-order valence-corrected chi connectivity index (χ3v) is 4.26. The number of aliphatic hydroxyl groups is 1. The third kappa shape index (κ3) is 4.15. The monoisotopic (exact) mass is 285 g/mol. The van der Waals surface area contributed by atoms with Crippen LogP contribution in [0.25, 0.3) is 0 Å². The van der Waals surface area contributed by atoms with Gasteiger partial charge >= 0.3 is 0 Å². The average molecular weight is 285 g/mol. The number of ether oxygens (including phenoxy) is 1. The molecule has 6 heteroatoms. The van der Waals surface area contributed by atoms with E-state index in [1.54, 1.807) is 0 Å². The first-order chi connectivity index (χ1) is 9.72. The molecule has 0 aromatic carbocycles. The predicted octanol–water partition coefficient (Wildman–Crippen LogP) is -0.720. The molecule has 6 nitrogen and oxygen atoms in total. The van der Waals surface area contributed by atoms with E-state index in [0.29, 0.717) is 6.61 Å². The maximum Gasteiger partial charge on any atom is 0.239 e. The molecule has 2 aliphatic rings. The van der Waals surface area contributed by atoms with Gasteiger partial charge in [0.2, 0.25) is 5.91 Å². The number of hydrogen-bond donors (Lipinski definition) is 2. The Hall–Kier alpha value is -0.690. The van der Waals surface area contributed by atoms with Crippen molar-refractivity contribution in [1.82, 2.24) is 15.1 Å². The number of nitrogens with one attached hydrogen (secondary N) is 1. The van der Waals surface area contributed by atoms with Crippen molar-refractivity contribution in [3.05, 3.63) is 0 Å². The number of piperazine rings is 1. The summed E-state index contributed by atoms with van der Waals surface area (Å²) in [5.74, 6) is 0.243. The van der Waals surface area contributed by atoms with Gasteiger partial charge in [0.15, 0.2) is 0 Å². The molecule has 2 saturated heterocycles. The Balaban J connectivity index is 1.75. The summed E-state index contributed by atoms with van der Waals surface area (Å²) in [6.45, 7) is 7.85. The molecule has 1 atom stereocenters. The number of rotatable bonds is 5. The lowest BCUT2D eigenvalue weighted by Gasteiger charge is -2.37. The molecule has 20 heavy (non-hydrogen) atoms. The number of aliphatic hydroxyl groups excluding tert-OH is 1. The highest BCUT2D eigenvalue weighted by Gasteiger charge is 2.29. The van der Waals surface area contributed by atoms with Gasteiger partial charge in [-0.05, 0) is 19.8 Å². The molecule has 2 N–H and O–H groups in total. The second kappa shape index (κ2) is 7.93. The van der Waals surface area contributed by atoms with Crippen LogP contribution in [0.2, 0.25) is 0 Å². The first-order valence-corrected chi connectivity index (χ1v) is 7.68. The van der Waals surface area contributed by atoms with Gasteiger partial charge in [0.05, 0.1) is 25.4 Å². The zero-order valence-corrected chi connectivity index (χ0v) is 12.4. The van der Waals surface area contributed by atoms with Crippen LogP contribution in [0, 0.1) is 0 Å². The number of amides is 1. The van der Waals surface area contributed by atoms with Crippen LogP contribution in [-0.2, 0) is 9.53 Å². The Kier molecular flexibility index (Phi) is 6.22. The van der Waals surface area contributed by atoms with Crippen LogP contribution in [0.3, 0.4) is 0 Å². The molecule has 0 bridgehead atoms. The minimum absolute atomic E-state index is 0.0213. The molecule has 0 radical (unpaired) electrons. The van der Waals surface area contributed by atoms with Crippen LogP contribution in [0.15, 0.2) is 0 Å². The number of carbonyl (C=O) groups excluding carboxylic acids is 1. The lowest BCUT2D eigenvalue weighted by Crippen LogP contribution is -2.54. The highest BCUT2D eigenvalue weighted by molar-refractivity contribution is 5.81. The molecule has 2 fully saturated rings. The number of carbonyl (C=O) groups is 1. The van der Waals surface area contributed by atoms with Crippen molar-refractivity contribution in [3.8, 4) is 0 Å². The number of nitrogens with zero attached hydrogens (tertiary/aromatic N) is 2. The van der Waals surface area contributed by atoms with E-state index in [-0.39, 0.29) is 24.7 Å². The third-order valence-electron chi connectivity index (χ3n) is 4.26. The average Bonchev–Trinajstić information content (AvgIpc) is 2.53. The van der Waals surface area contributed by atoms with Gasteiger partial charge in [0, 0.05) is 39.3 Å². The van der Waals surface area contributed by atoms with Crippen LogP contribution < -0.4 is 5.32 Å². The van der Waals surface area contributed by atoms with Crippen molar-refractivity contribution in [3.63, 3.8) is 0 Å². The van der Waals surface area contributed by atoms with Crippen LogP contribution in [-0.4, -0.2) is 85.4 Å². The van der Waals surface area contributed by atoms with Crippen molar-refractivity contribution in [2.24, 2.45) is 0 Å². The second-order valence-corrected chi connectivity index (χ2v) is 5.58. The van der Waals surface area contributed by atoms with E-state index in [0.717, 1.165) is 52.1 Å². The van der Waals surface area contributed by atoms with E-state index in [1.165, 1.54) is 0 Å². The Morgan fingerprint density at radius 3 is 2.55 bits per heavy atom. The smallest absolute Gasteiger partial charge is 0.239 e. The topological polar surface area (TPSA) is 65.0 Å². The molecule has 0 saturated carbocycles. The van der Waals surface area contributed by atoms with Gasteiger partial charge in [-0.2, -0.15) is 0 Å². The molecular formula is C14H27N3O3. The molecule has 116 valence electrons. The van der Waals surface area contributed by atoms with Gasteiger partial charge in [0.1, 0.15) is 0 Å². The van der Waals surface area contributed by atoms with Gasteiger partial charge in [-0.3, -0.25) is 9.69 Å². The quantitative estimate of drug-likeness (QED) is 0.698. The van der Waals surface area contributed by atoms with Crippen molar-refractivity contribution in [2.75, 3.05) is 52.5 Å². The molecular weight excluding hydrogens is 258 g/mol. The van der Waals surface area contributed by atoms with Crippen LogP contribution in [0.5, 0.6) is 0 Å². The van der Waals surface area contributed by atoms with Crippen LogP contribution in [0.4, 0.5) is 0 Å². The summed E-state index contributed by atoms with van der Waals surface area (Å²) < 4.78 is 5.53. The summed E-state index contributed by atoms with van der Waals surface area (Å²) in [6.07, 6.45) is 1.95. The van der Waals surface area contributed by atoms with Gasteiger partial charge < -0.3 is 20.1 Å². The van der Waals surface area contributed by atoms with Crippen molar-refractivity contribution in [1.29, 1.82) is 0 Å². The number of likely N-dealkylation sites (tertiary alicyclic amines) is 1. The zero-order chi connectivity index (χ0) is 14.4. The molecule has 1 amide bonds. The van der Waals surface area contributed by atoms with E-state index in [2.05, 4.69) is 10.2 Å². The maximum atomic E-state index is 12.5. The summed E-state index contributed by atoms with van der Waals surface area (Å²) >= 11 is 0. The lowest BCUT2D eigenvalue weighted by molar-refractivity contribution is -0.139. The Bertz CT molecular complexity index is 300. The highest BCUT2D eigenvalue weighted by Crippen LogP contribution is 2.16. The summed E-state index contributed by atoms with van der Waals surface area (Å²) in [6, 6.07) is -0.0213. The second-order valence-electron chi connectivity index (χ2n) is 5.58. The largest absolute Gasteiger partial charge is 0.394 e. The molecule has 0 spiro atoms. The SMILES string of the molecule is CC(C(=O)N1CCC(OCCO)CC1)N1CCNCC1. The first-order valence-electron chi connectivity index (χ1n) is 7.68. The molecule has 2 heterocycles. The summed E-state index contributed by atoms with van der Waals surface area (Å²) in [5.41, 5.74) is 0. The summed E-state index contributed by atoms with van der Waals surface area (Å²) in [4.78, 5) is 16.7. The van der Waals surface area contributed by atoms with Crippen molar-refractivity contribution < 1.29 is 14.6 Å². The molecule has 0 aliphatic carbocycles. The van der Waals surface area contributed by atoms with Gasteiger partial charge in [-0.25, -0.2) is 0 Å². The molecule has 2 aliphatic heterocycles. The normalized spacial score (nSPS) is 23.8. The first kappa shape index (κ1) is 15.7. The molecule has 0 aromatic heterocycles. The van der Waals surface area contributed by atoms with E-state index in [9.17, 15) is 4.79 Å². The van der Waals surface area contributed by atoms with Gasteiger partial charge in [-0.15, -0.1) is 0 Å².